The molecule has 6 nitrogen and oxygen atoms in total. The maximum absolute atomic E-state index is 14.1. The number of halogens is 3. The Labute approximate surface area is 318 Å². The van der Waals surface area contributed by atoms with Crippen LogP contribution in [-0.2, 0) is 50.6 Å². The number of hydrogen-bond donors (Lipinski definition) is 1. The van der Waals surface area contributed by atoms with Gasteiger partial charge in [-0.1, -0.05) is 89.7 Å². The molecule has 5 rings (SSSR count). The van der Waals surface area contributed by atoms with Gasteiger partial charge in [0.05, 0.1) is 22.4 Å². The Balaban J connectivity index is 0.000000389. The summed E-state index contributed by atoms with van der Waals surface area (Å²) in [6, 6.07) is 19.5. The van der Waals surface area contributed by atoms with Gasteiger partial charge in [0, 0.05) is 64.0 Å². The zero-order valence-corrected chi connectivity index (χ0v) is 33.8. The number of rotatable bonds is 9. The molecule has 1 radical (unpaired) electrons. The number of alkyl halides is 3. The SMILES string of the molecule is CCC(CC)C(=O)/C=C(\O)C(CC)CC.Cn1c(=O)n(C)c2cc(-c3cc(-c4[c-]c5ccccc5c(C(C)(C)C)c4)ncc3C(F)(F)F)ccc21.[Ir]. The van der Waals surface area contributed by atoms with Gasteiger partial charge in [-0.05, 0) is 54.4 Å². The molecule has 52 heavy (non-hydrogen) atoms. The molecule has 0 amide bonds. The summed E-state index contributed by atoms with van der Waals surface area (Å²) in [4.78, 5) is 28.3. The minimum Gasteiger partial charge on any atom is -0.512 e. The van der Waals surface area contributed by atoms with Gasteiger partial charge in [0.1, 0.15) is 0 Å². The first-order valence-electron chi connectivity index (χ1n) is 17.6. The molecule has 281 valence electrons. The summed E-state index contributed by atoms with van der Waals surface area (Å²) in [7, 11) is 3.24. The molecule has 0 aliphatic rings. The van der Waals surface area contributed by atoms with Crippen LogP contribution in [0.2, 0.25) is 0 Å². The van der Waals surface area contributed by atoms with Crippen molar-refractivity contribution >= 4 is 27.6 Å². The van der Waals surface area contributed by atoms with Crippen molar-refractivity contribution in [2.24, 2.45) is 25.9 Å². The molecule has 0 spiro atoms. The molecule has 0 bridgehead atoms. The molecule has 10 heteroatoms. The van der Waals surface area contributed by atoms with Gasteiger partial charge in [0.25, 0.3) is 0 Å². The van der Waals surface area contributed by atoms with Gasteiger partial charge in [-0.3, -0.25) is 18.9 Å². The summed E-state index contributed by atoms with van der Waals surface area (Å²) in [6.45, 7) is 14.4. The van der Waals surface area contributed by atoms with Crippen LogP contribution in [0.5, 0.6) is 0 Å². The standard InChI is InChI=1S/C29H25F3N3O.C13H24O2.Ir/c1-28(2,3)22-13-19(12-17-8-6-7-9-20(17)22)24-15-21(23(16-33-24)29(30,31)32)18-10-11-25-26(14-18)35(5)27(36)34(25)4;1-5-10(6-2)12(14)9-13(15)11(7-3)8-4;/h6-11,13-16H,1-5H3;9-11,14H,5-8H2,1-4H3;/q-1;;/b;12-9-;. The van der Waals surface area contributed by atoms with Gasteiger partial charge in [-0.15, -0.1) is 29.1 Å². The van der Waals surface area contributed by atoms with Crippen LogP contribution in [-0.4, -0.2) is 25.0 Å². The van der Waals surface area contributed by atoms with Crippen LogP contribution in [0.1, 0.15) is 85.3 Å². The predicted octanol–water partition coefficient (Wildman–Crippen LogP) is 10.7. The number of allylic oxidation sites excluding steroid dienone is 2. The molecule has 0 saturated heterocycles. The van der Waals surface area contributed by atoms with Crippen molar-refractivity contribution in [1.29, 1.82) is 0 Å². The van der Waals surface area contributed by atoms with Crippen molar-refractivity contribution in [3.05, 3.63) is 100 Å². The van der Waals surface area contributed by atoms with Gasteiger partial charge in [-0.2, -0.15) is 13.2 Å². The van der Waals surface area contributed by atoms with E-state index >= 15 is 0 Å². The van der Waals surface area contributed by atoms with Gasteiger partial charge < -0.3 is 5.11 Å². The van der Waals surface area contributed by atoms with E-state index in [0.29, 0.717) is 27.9 Å². The second kappa shape index (κ2) is 17.2. The first kappa shape index (κ1) is 42.4. The van der Waals surface area contributed by atoms with E-state index < -0.39 is 11.7 Å². The smallest absolute Gasteiger partial charge is 0.418 e. The van der Waals surface area contributed by atoms with Gasteiger partial charge in [-0.25, -0.2) is 4.79 Å². The van der Waals surface area contributed by atoms with Crippen LogP contribution < -0.4 is 5.69 Å². The Morgan fingerprint density at radius 3 is 2.04 bits per heavy atom. The largest absolute Gasteiger partial charge is 0.512 e. The number of benzene rings is 3. The van der Waals surface area contributed by atoms with E-state index in [1.54, 1.807) is 32.3 Å². The topological polar surface area (TPSA) is 77.1 Å². The summed E-state index contributed by atoms with van der Waals surface area (Å²) in [5, 5.41) is 11.7. The molecule has 0 saturated carbocycles. The van der Waals surface area contributed by atoms with E-state index in [2.05, 4.69) is 31.8 Å². The number of aromatic nitrogens is 3. The maximum atomic E-state index is 14.1. The second-order valence-electron chi connectivity index (χ2n) is 14.1. The first-order chi connectivity index (χ1) is 24.0. The molecule has 0 aliphatic carbocycles. The van der Waals surface area contributed by atoms with Crippen molar-refractivity contribution in [3.63, 3.8) is 0 Å². The van der Waals surface area contributed by atoms with Crippen molar-refractivity contribution in [3.8, 4) is 22.4 Å². The Hall–Kier alpha value is -4.01. The Morgan fingerprint density at radius 1 is 0.865 bits per heavy atom. The average Bonchev–Trinajstić information content (AvgIpc) is 3.31. The zero-order valence-electron chi connectivity index (χ0n) is 31.4. The quantitative estimate of drug-likeness (QED) is 0.0909. The number of hydrogen-bond acceptors (Lipinski definition) is 4. The molecule has 2 heterocycles. The van der Waals surface area contributed by atoms with Crippen LogP contribution in [0.3, 0.4) is 0 Å². The third-order valence-electron chi connectivity index (χ3n) is 9.73. The number of nitrogens with zero attached hydrogens (tertiary/aromatic N) is 3. The predicted molar refractivity (Wildman–Crippen MR) is 201 cm³/mol. The summed E-state index contributed by atoms with van der Waals surface area (Å²) < 4.78 is 45.1. The van der Waals surface area contributed by atoms with E-state index in [1.165, 1.54) is 21.3 Å². The molecule has 3 aromatic carbocycles. The number of ketones is 1. The van der Waals surface area contributed by atoms with Crippen LogP contribution in [0.15, 0.2) is 77.4 Å². The van der Waals surface area contributed by atoms with E-state index in [1.807, 2.05) is 58.0 Å². The van der Waals surface area contributed by atoms with E-state index in [-0.39, 0.29) is 60.2 Å². The van der Waals surface area contributed by atoms with Crippen molar-refractivity contribution in [2.75, 3.05) is 0 Å². The fraction of sp³-hybridized carbons (Fsp3) is 0.405. The fourth-order valence-electron chi connectivity index (χ4n) is 6.51. The van der Waals surface area contributed by atoms with E-state index in [0.717, 1.165) is 48.2 Å². The minimum absolute atomic E-state index is 0. The third kappa shape index (κ3) is 9.13. The maximum Gasteiger partial charge on any atom is 0.418 e. The Bertz CT molecular complexity index is 2120. The first-order valence-corrected chi connectivity index (χ1v) is 17.6. The summed E-state index contributed by atoms with van der Waals surface area (Å²) in [5.74, 6) is 0.547. The normalized spacial score (nSPS) is 12.3. The number of aliphatic hydroxyl groups is 1. The second-order valence-corrected chi connectivity index (χ2v) is 14.1. The molecule has 0 unspecified atom stereocenters. The monoisotopic (exact) mass is 893 g/mol. The number of fused-ring (bicyclic) bond motifs is 2. The minimum atomic E-state index is -4.60. The number of pyridine rings is 1. The van der Waals surface area contributed by atoms with Gasteiger partial charge >= 0.3 is 11.9 Å². The Kier molecular flexibility index (Phi) is 14.0. The number of aryl methyl sites for hydroxylation is 2. The molecule has 0 atom stereocenters. The molecule has 5 aromatic rings. The average molecular weight is 893 g/mol. The number of carbonyl (C=O) groups is 1. The molecular formula is C42H49F3IrN3O3-. The molecule has 0 aliphatic heterocycles. The van der Waals surface area contributed by atoms with Crippen molar-refractivity contribution < 1.29 is 43.2 Å². The molecular weight excluding hydrogens is 844 g/mol. The van der Waals surface area contributed by atoms with Crippen LogP contribution in [0.25, 0.3) is 44.2 Å². The zero-order chi connectivity index (χ0) is 37.8. The summed E-state index contributed by atoms with van der Waals surface area (Å²) in [6.07, 6.45) is 1.20. The number of aliphatic hydroxyl groups excluding tert-OH is 1. The fourth-order valence-corrected chi connectivity index (χ4v) is 6.51. The number of imidazole rings is 1. The van der Waals surface area contributed by atoms with Crippen molar-refractivity contribution in [2.45, 2.75) is 85.7 Å². The van der Waals surface area contributed by atoms with Crippen LogP contribution in [0, 0.1) is 17.9 Å². The van der Waals surface area contributed by atoms with Gasteiger partial charge in [0.15, 0.2) is 5.78 Å². The third-order valence-corrected chi connectivity index (χ3v) is 9.73. The van der Waals surface area contributed by atoms with Crippen LogP contribution >= 0.6 is 0 Å². The van der Waals surface area contributed by atoms with E-state index in [4.69, 9.17) is 0 Å². The molecule has 2 aromatic heterocycles. The van der Waals surface area contributed by atoms with Crippen molar-refractivity contribution in [1.82, 2.24) is 14.1 Å². The summed E-state index contributed by atoms with van der Waals surface area (Å²) in [5.41, 5.74) is 2.39. The Morgan fingerprint density at radius 2 is 1.46 bits per heavy atom. The van der Waals surface area contributed by atoms with E-state index in [9.17, 15) is 27.9 Å². The summed E-state index contributed by atoms with van der Waals surface area (Å²) >= 11 is 0. The van der Waals surface area contributed by atoms with Crippen LogP contribution in [0.4, 0.5) is 13.2 Å². The molecule has 0 fully saturated rings. The number of carbonyl (C=O) groups excluding carboxylic acids is 1. The van der Waals surface area contributed by atoms with Gasteiger partial charge in [0.2, 0.25) is 0 Å². The molecule has 1 N–H and O–H groups in total.